The molecule has 0 saturated heterocycles. The van der Waals surface area contributed by atoms with E-state index < -0.39 is 10.0 Å². The van der Waals surface area contributed by atoms with Crippen LogP contribution in [0.5, 0.6) is 5.75 Å². The standard InChI is InChI=1S/C14H24N2O3S/c1-13(2)15-10-12-20(17,18)16-9-6-11-19-14-7-4-3-5-8-14/h3-5,7-8,13,15-16H,6,9-12H2,1-2H3. The first-order valence-corrected chi connectivity index (χ1v) is 8.53. The summed E-state index contributed by atoms with van der Waals surface area (Å²) in [6.45, 7) is 5.34. The van der Waals surface area contributed by atoms with Gasteiger partial charge in [-0.2, -0.15) is 0 Å². The molecule has 0 aliphatic heterocycles. The Bertz CT molecular complexity index is 461. The quantitative estimate of drug-likeness (QED) is 0.641. The largest absolute Gasteiger partial charge is 0.494 e. The van der Waals surface area contributed by atoms with Gasteiger partial charge in [0.2, 0.25) is 10.0 Å². The zero-order chi connectivity index (χ0) is 14.8. The van der Waals surface area contributed by atoms with Gasteiger partial charge in [-0.25, -0.2) is 13.1 Å². The monoisotopic (exact) mass is 300 g/mol. The van der Waals surface area contributed by atoms with Crippen LogP contribution >= 0.6 is 0 Å². The van der Waals surface area contributed by atoms with Crippen LogP contribution in [0.4, 0.5) is 0 Å². The van der Waals surface area contributed by atoms with Crippen LogP contribution in [-0.4, -0.2) is 39.9 Å². The molecule has 0 radical (unpaired) electrons. The molecule has 0 aliphatic rings. The van der Waals surface area contributed by atoms with E-state index in [-0.39, 0.29) is 5.75 Å². The predicted octanol–water partition coefficient (Wildman–Crippen LogP) is 1.37. The molecule has 0 unspecified atom stereocenters. The fourth-order valence-corrected chi connectivity index (χ4v) is 2.55. The van der Waals surface area contributed by atoms with Crippen LogP contribution in [0.25, 0.3) is 0 Å². The zero-order valence-electron chi connectivity index (χ0n) is 12.1. The molecule has 2 N–H and O–H groups in total. The molecule has 1 aromatic rings. The average Bonchev–Trinajstić information content (AvgIpc) is 2.38. The van der Waals surface area contributed by atoms with Gasteiger partial charge in [0.05, 0.1) is 12.4 Å². The lowest BCUT2D eigenvalue weighted by Crippen LogP contribution is -2.35. The normalized spacial score (nSPS) is 11.8. The molecule has 114 valence electrons. The van der Waals surface area contributed by atoms with Crippen molar-refractivity contribution in [2.45, 2.75) is 26.3 Å². The Balaban J connectivity index is 2.10. The molecule has 1 rings (SSSR count). The van der Waals surface area contributed by atoms with Crippen LogP contribution in [0.15, 0.2) is 30.3 Å². The molecular formula is C14H24N2O3S. The molecule has 0 spiro atoms. The Labute approximate surface area is 121 Å². The molecule has 6 heteroatoms. The summed E-state index contributed by atoms with van der Waals surface area (Å²) in [6.07, 6.45) is 0.645. The van der Waals surface area contributed by atoms with Crippen molar-refractivity contribution in [3.63, 3.8) is 0 Å². The molecule has 0 amide bonds. The molecule has 0 bridgehead atoms. The van der Waals surface area contributed by atoms with Gasteiger partial charge in [-0.05, 0) is 18.6 Å². The fraction of sp³-hybridized carbons (Fsp3) is 0.571. The van der Waals surface area contributed by atoms with Crippen molar-refractivity contribution in [3.05, 3.63) is 30.3 Å². The number of para-hydroxylation sites is 1. The van der Waals surface area contributed by atoms with Crippen LogP contribution in [0, 0.1) is 0 Å². The van der Waals surface area contributed by atoms with E-state index in [2.05, 4.69) is 10.0 Å². The van der Waals surface area contributed by atoms with Gasteiger partial charge in [0.25, 0.3) is 0 Å². The SMILES string of the molecule is CC(C)NCCS(=O)(=O)NCCCOc1ccccc1. The Morgan fingerprint density at radius 1 is 1.15 bits per heavy atom. The van der Waals surface area contributed by atoms with E-state index in [4.69, 9.17) is 4.74 Å². The molecule has 0 fully saturated rings. The van der Waals surface area contributed by atoms with Gasteiger partial charge in [0.15, 0.2) is 0 Å². The minimum absolute atomic E-state index is 0.102. The maximum Gasteiger partial charge on any atom is 0.212 e. The highest BCUT2D eigenvalue weighted by molar-refractivity contribution is 7.89. The smallest absolute Gasteiger partial charge is 0.212 e. The van der Waals surface area contributed by atoms with Gasteiger partial charge in [-0.1, -0.05) is 32.0 Å². The van der Waals surface area contributed by atoms with Crippen LogP contribution in [0.1, 0.15) is 20.3 Å². The lowest BCUT2D eigenvalue weighted by Gasteiger charge is -2.10. The van der Waals surface area contributed by atoms with Crippen LogP contribution in [0.3, 0.4) is 0 Å². The fourth-order valence-electron chi connectivity index (χ4n) is 1.56. The molecule has 0 saturated carbocycles. The summed E-state index contributed by atoms with van der Waals surface area (Å²) >= 11 is 0. The van der Waals surface area contributed by atoms with Crippen molar-refractivity contribution in [1.82, 2.24) is 10.0 Å². The van der Waals surface area contributed by atoms with Crippen molar-refractivity contribution < 1.29 is 13.2 Å². The number of hydrogen-bond acceptors (Lipinski definition) is 4. The predicted molar refractivity (Wildman–Crippen MR) is 81.5 cm³/mol. The Hall–Kier alpha value is -1.11. The lowest BCUT2D eigenvalue weighted by molar-refractivity contribution is 0.311. The highest BCUT2D eigenvalue weighted by Gasteiger charge is 2.08. The van der Waals surface area contributed by atoms with E-state index in [1.807, 2.05) is 44.2 Å². The molecule has 0 heterocycles. The van der Waals surface area contributed by atoms with E-state index in [1.54, 1.807) is 0 Å². The van der Waals surface area contributed by atoms with Gasteiger partial charge >= 0.3 is 0 Å². The molecule has 0 aromatic heterocycles. The third kappa shape index (κ3) is 8.14. The first kappa shape index (κ1) is 16.9. The summed E-state index contributed by atoms with van der Waals surface area (Å²) in [7, 11) is -3.19. The molecule has 20 heavy (non-hydrogen) atoms. The van der Waals surface area contributed by atoms with Gasteiger partial charge in [0.1, 0.15) is 5.75 Å². The van der Waals surface area contributed by atoms with Crippen molar-refractivity contribution in [3.8, 4) is 5.75 Å². The van der Waals surface area contributed by atoms with Gasteiger partial charge < -0.3 is 10.1 Å². The second-order valence-corrected chi connectivity index (χ2v) is 6.76. The van der Waals surface area contributed by atoms with Gasteiger partial charge in [-0.15, -0.1) is 0 Å². The average molecular weight is 300 g/mol. The maximum atomic E-state index is 11.7. The number of nitrogens with one attached hydrogen (secondary N) is 2. The molecular weight excluding hydrogens is 276 g/mol. The van der Waals surface area contributed by atoms with E-state index in [1.165, 1.54) is 0 Å². The first-order chi connectivity index (χ1) is 9.49. The summed E-state index contributed by atoms with van der Waals surface area (Å²) in [6, 6.07) is 9.78. The third-order valence-electron chi connectivity index (χ3n) is 2.58. The van der Waals surface area contributed by atoms with Crippen LogP contribution < -0.4 is 14.8 Å². The number of ether oxygens (including phenoxy) is 1. The van der Waals surface area contributed by atoms with E-state index >= 15 is 0 Å². The van der Waals surface area contributed by atoms with Gasteiger partial charge in [0, 0.05) is 19.1 Å². The Morgan fingerprint density at radius 2 is 1.85 bits per heavy atom. The Kier molecular flexibility index (Phi) is 7.58. The molecule has 0 atom stereocenters. The third-order valence-corrected chi connectivity index (χ3v) is 3.96. The molecule has 5 nitrogen and oxygen atoms in total. The molecule has 0 aliphatic carbocycles. The minimum Gasteiger partial charge on any atom is -0.494 e. The summed E-state index contributed by atoms with van der Waals surface area (Å²) in [5.74, 6) is 0.904. The topological polar surface area (TPSA) is 67.4 Å². The number of benzene rings is 1. The summed E-state index contributed by atoms with van der Waals surface area (Å²) in [4.78, 5) is 0. The van der Waals surface area contributed by atoms with Crippen molar-refractivity contribution in [2.24, 2.45) is 0 Å². The lowest BCUT2D eigenvalue weighted by atomic mass is 10.3. The maximum absolute atomic E-state index is 11.7. The van der Waals surface area contributed by atoms with E-state index in [0.29, 0.717) is 32.2 Å². The second-order valence-electron chi connectivity index (χ2n) is 4.84. The number of hydrogen-bond donors (Lipinski definition) is 2. The van der Waals surface area contributed by atoms with Gasteiger partial charge in [-0.3, -0.25) is 0 Å². The highest BCUT2D eigenvalue weighted by Crippen LogP contribution is 2.08. The second kappa shape index (κ2) is 8.94. The number of rotatable bonds is 10. The van der Waals surface area contributed by atoms with Crippen molar-refractivity contribution in [2.75, 3.05) is 25.4 Å². The van der Waals surface area contributed by atoms with Crippen LogP contribution in [0.2, 0.25) is 0 Å². The van der Waals surface area contributed by atoms with Crippen molar-refractivity contribution in [1.29, 1.82) is 0 Å². The zero-order valence-corrected chi connectivity index (χ0v) is 12.9. The first-order valence-electron chi connectivity index (χ1n) is 6.88. The van der Waals surface area contributed by atoms with E-state index in [9.17, 15) is 8.42 Å². The summed E-state index contributed by atoms with van der Waals surface area (Å²) < 4.78 is 31.4. The summed E-state index contributed by atoms with van der Waals surface area (Å²) in [5, 5.41) is 3.08. The Morgan fingerprint density at radius 3 is 2.50 bits per heavy atom. The van der Waals surface area contributed by atoms with E-state index in [0.717, 1.165) is 5.75 Å². The van der Waals surface area contributed by atoms with Crippen molar-refractivity contribution >= 4 is 10.0 Å². The number of sulfonamides is 1. The highest BCUT2D eigenvalue weighted by atomic mass is 32.2. The summed E-state index contributed by atoms with van der Waals surface area (Å²) in [5.41, 5.74) is 0. The minimum atomic E-state index is -3.19. The molecule has 1 aromatic carbocycles. The van der Waals surface area contributed by atoms with Crippen LogP contribution in [-0.2, 0) is 10.0 Å².